The van der Waals surface area contributed by atoms with E-state index in [2.05, 4.69) is 19.1 Å². The smallest absolute Gasteiger partial charge is 0.248 e. The summed E-state index contributed by atoms with van der Waals surface area (Å²) in [6.07, 6.45) is 8.01. The van der Waals surface area contributed by atoms with Crippen LogP contribution in [0.2, 0.25) is 0 Å². The van der Waals surface area contributed by atoms with Crippen molar-refractivity contribution < 1.29 is 23.5 Å². The number of ether oxygens (including phenoxy) is 1. The third kappa shape index (κ3) is 6.15. The number of aromatic nitrogens is 1. The van der Waals surface area contributed by atoms with Gasteiger partial charge in [-0.3, -0.25) is 4.79 Å². The molecule has 7 nitrogen and oxygen atoms in total. The van der Waals surface area contributed by atoms with Crippen LogP contribution in [0.3, 0.4) is 0 Å². The largest absolute Gasteiger partial charge is 0.493 e. The highest BCUT2D eigenvalue weighted by molar-refractivity contribution is 5.92. The number of carbonyl (C=O) groups is 1. The molecule has 4 rings (SSSR count). The summed E-state index contributed by atoms with van der Waals surface area (Å²) in [4.78, 5) is 15.8. The third-order valence-electron chi connectivity index (χ3n) is 7.19. The number of carbonyl (C=O) groups excluding carboxylic acids is 1. The van der Waals surface area contributed by atoms with Crippen LogP contribution in [0.1, 0.15) is 66.1 Å². The summed E-state index contributed by atoms with van der Waals surface area (Å²) in [7, 11) is 4.29. The minimum absolute atomic E-state index is 0.0943. The minimum Gasteiger partial charge on any atom is -0.493 e. The van der Waals surface area contributed by atoms with Gasteiger partial charge in [0.2, 0.25) is 11.8 Å². The SMILES string of the molecule is C[N+](C)(CCCOc1ccc(C(N)=O)cc1)Cc1cnc(C(O)(c2ccccc2)C2CCCCC2)o1. The van der Waals surface area contributed by atoms with Crippen molar-refractivity contribution in [2.24, 2.45) is 11.7 Å². The van der Waals surface area contributed by atoms with Crippen LogP contribution in [0, 0.1) is 5.92 Å². The number of quaternary nitrogens is 1. The van der Waals surface area contributed by atoms with Gasteiger partial charge in [-0.25, -0.2) is 4.98 Å². The van der Waals surface area contributed by atoms with E-state index in [0.29, 0.717) is 34.8 Å². The van der Waals surface area contributed by atoms with Gasteiger partial charge in [0.25, 0.3) is 0 Å². The van der Waals surface area contributed by atoms with Crippen molar-refractivity contribution in [1.29, 1.82) is 0 Å². The minimum atomic E-state index is -1.21. The molecule has 1 aromatic heterocycles. The molecule has 2 aromatic carbocycles. The number of nitrogens with two attached hydrogens (primary N) is 1. The first-order valence-corrected chi connectivity index (χ1v) is 12.9. The van der Waals surface area contributed by atoms with Gasteiger partial charge in [0.05, 0.1) is 33.4 Å². The Kier molecular flexibility index (Phi) is 8.11. The molecule has 1 heterocycles. The van der Waals surface area contributed by atoms with Crippen LogP contribution >= 0.6 is 0 Å². The van der Waals surface area contributed by atoms with Gasteiger partial charge in [-0.1, -0.05) is 49.6 Å². The molecule has 1 saturated carbocycles. The Morgan fingerprint density at radius 2 is 1.81 bits per heavy atom. The highest BCUT2D eigenvalue weighted by Crippen LogP contribution is 2.43. The second kappa shape index (κ2) is 11.3. The molecule has 3 N–H and O–H groups in total. The fourth-order valence-corrected chi connectivity index (χ4v) is 5.20. The summed E-state index contributed by atoms with van der Waals surface area (Å²) in [6, 6.07) is 16.7. The summed E-state index contributed by atoms with van der Waals surface area (Å²) in [5.41, 5.74) is 5.38. The van der Waals surface area contributed by atoms with Gasteiger partial charge in [0, 0.05) is 17.9 Å². The van der Waals surface area contributed by atoms with Crippen molar-refractivity contribution in [3.05, 3.63) is 83.6 Å². The molecule has 1 fully saturated rings. The average molecular weight is 493 g/mol. The van der Waals surface area contributed by atoms with Gasteiger partial charge >= 0.3 is 0 Å². The Morgan fingerprint density at radius 3 is 2.47 bits per heavy atom. The molecule has 1 amide bonds. The molecular formula is C29H38N3O4+. The first-order valence-electron chi connectivity index (χ1n) is 12.9. The second-order valence-electron chi connectivity index (χ2n) is 10.5. The van der Waals surface area contributed by atoms with Gasteiger partial charge in [0.1, 0.15) is 12.3 Å². The standard InChI is InChI=1S/C29H37N3O4/c1-32(2,18-9-19-35-25-16-14-22(15-17-25)27(30)33)21-26-20-31-28(36-26)29(34,23-10-5-3-6-11-23)24-12-7-4-8-13-24/h3,5-6,10-11,14-17,20,24,34H,4,7-9,12-13,18-19,21H2,1-2H3,(H-,30,33)/p+1. The zero-order valence-corrected chi connectivity index (χ0v) is 21.4. The van der Waals surface area contributed by atoms with E-state index in [1.165, 1.54) is 6.42 Å². The Morgan fingerprint density at radius 1 is 1.11 bits per heavy atom. The maximum Gasteiger partial charge on any atom is 0.248 e. The Labute approximate surface area is 213 Å². The first-order chi connectivity index (χ1) is 17.3. The van der Waals surface area contributed by atoms with Crippen molar-refractivity contribution in [2.75, 3.05) is 27.2 Å². The van der Waals surface area contributed by atoms with E-state index in [-0.39, 0.29) is 5.92 Å². The van der Waals surface area contributed by atoms with E-state index in [9.17, 15) is 9.90 Å². The first kappa shape index (κ1) is 25.9. The van der Waals surface area contributed by atoms with Crippen molar-refractivity contribution in [3.8, 4) is 5.75 Å². The van der Waals surface area contributed by atoms with E-state index in [1.807, 2.05) is 30.3 Å². The normalized spacial score (nSPS) is 16.4. The van der Waals surface area contributed by atoms with Crippen LogP contribution in [0.25, 0.3) is 0 Å². The highest BCUT2D eigenvalue weighted by Gasteiger charge is 2.44. The van der Waals surface area contributed by atoms with E-state index in [1.54, 1.807) is 30.5 Å². The number of hydrogen-bond acceptors (Lipinski definition) is 5. The molecule has 1 atom stereocenters. The van der Waals surface area contributed by atoms with Crippen molar-refractivity contribution in [3.63, 3.8) is 0 Å². The lowest BCUT2D eigenvalue weighted by atomic mass is 9.73. The summed E-state index contributed by atoms with van der Waals surface area (Å²) >= 11 is 0. The van der Waals surface area contributed by atoms with Gasteiger partial charge < -0.3 is 24.5 Å². The lowest BCUT2D eigenvalue weighted by molar-refractivity contribution is -0.904. The van der Waals surface area contributed by atoms with Gasteiger partial charge in [-0.05, 0) is 42.7 Å². The Bertz CT molecular complexity index is 1120. The van der Waals surface area contributed by atoms with E-state index >= 15 is 0 Å². The quantitative estimate of drug-likeness (QED) is 0.300. The predicted molar refractivity (Wildman–Crippen MR) is 138 cm³/mol. The predicted octanol–water partition coefficient (Wildman–Crippen LogP) is 4.64. The summed E-state index contributed by atoms with van der Waals surface area (Å²) in [6.45, 7) is 2.10. The maximum absolute atomic E-state index is 12.0. The van der Waals surface area contributed by atoms with Crippen LogP contribution in [0.15, 0.2) is 65.2 Å². The molecule has 0 spiro atoms. The second-order valence-corrected chi connectivity index (χ2v) is 10.5. The molecular weight excluding hydrogens is 454 g/mol. The van der Waals surface area contributed by atoms with Gasteiger partial charge in [-0.2, -0.15) is 0 Å². The highest BCUT2D eigenvalue weighted by atomic mass is 16.5. The van der Waals surface area contributed by atoms with Gasteiger partial charge in [0.15, 0.2) is 11.4 Å². The fraction of sp³-hybridized carbons (Fsp3) is 0.448. The Hall–Kier alpha value is -3.16. The van der Waals surface area contributed by atoms with Crippen LogP contribution < -0.4 is 10.5 Å². The zero-order valence-electron chi connectivity index (χ0n) is 21.4. The number of benzene rings is 2. The molecule has 1 unspecified atom stereocenters. The van der Waals surface area contributed by atoms with Crippen LogP contribution in [-0.2, 0) is 12.1 Å². The molecule has 0 bridgehead atoms. The summed E-state index contributed by atoms with van der Waals surface area (Å²) in [5.74, 6) is 1.53. The van der Waals surface area contributed by atoms with Crippen LogP contribution in [0.4, 0.5) is 0 Å². The number of primary amides is 1. The number of hydrogen-bond donors (Lipinski definition) is 2. The lowest BCUT2D eigenvalue weighted by Gasteiger charge is -2.36. The number of nitrogens with zero attached hydrogens (tertiary/aromatic N) is 2. The number of rotatable bonds is 11. The number of aliphatic hydroxyl groups is 1. The van der Waals surface area contributed by atoms with E-state index in [0.717, 1.165) is 50.0 Å². The monoisotopic (exact) mass is 492 g/mol. The Balaban J connectivity index is 1.37. The molecule has 7 heteroatoms. The molecule has 0 saturated heterocycles. The molecule has 1 aliphatic rings. The topological polar surface area (TPSA) is 98.6 Å². The molecule has 1 aliphatic carbocycles. The van der Waals surface area contributed by atoms with E-state index < -0.39 is 11.5 Å². The van der Waals surface area contributed by atoms with E-state index in [4.69, 9.17) is 14.9 Å². The van der Waals surface area contributed by atoms with Crippen LogP contribution in [-0.4, -0.2) is 47.7 Å². The van der Waals surface area contributed by atoms with Crippen LogP contribution in [0.5, 0.6) is 5.75 Å². The van der Waals surface area contributed by atoms with Crippen molar-refractivity contribution >= 4 is 5.91 Å². The lowest BCUT2D eigenvalue weighted by Crippen LogP contribution is -2.40. The molecule has 0 aliphatic heterocycles. The zero-order chi connectivity index (χ0) is 25.6. The number of oxazole rings is 1. The fourth-order valence-electron chi connectivity index (χ4n) is 5.20. The summed E-state index contributed by atoms with van der Waals surface area (Å²) < 4.78 is 12.8. The maximum atomic E-state index is 12.0. The average Bonchev–Trinajstić information content (AvgIpc) is 3.35. The van der Waals surface area contributed by atoms with Crippen molar-refractivity contribution in [1.82, 2.24) is 4.98 Å². The summed E-state index contributed by atoms with van der Waals surface area (Å²) in [5, 5.41) is 12.0. The molecule has 36 heavy (non-hydrogen) atoms. The van der Waals surface area contributed by atoms with Crippen molar-refractivity contribution in [2.45, 2.75) is 50.7 Å². The third-order valence-corrected chi connectivity index (χ3v) is 7.19. The number of amides is 1. The van der Waals surface area contributed by atoms with Gasteiger partial charge in [-0.15, -0.1) is 0 Å². The molecule has 3 aromatic rings. The molecule has 0 radical (unpaired) electrons. The molecule has 192 valence electrons.